The maximum atomic E-state index is 13.6. The van der Waals surface area contributed by atoms with E-state index in [1.807, 2.05) is 0 Å². The number of aryl methyl sites for hydroxylation is 1. The molecule has 32 heavy (non-hydrogen) atoms. The SMILES string of the molecule is Cc1[nH]c(S(=O)(=O)N[C@@H]2COc3cc(F)c(Cl)cc3[C@H]2O)cc1C(=O)N1CC(C)(C#N)C1. The number of benzene rings is 1. The van der Waals surface area contributed by atoms with Crippen LogP contribution in [-0.4, -0.2) is 55.1 Å². The highest BCUT2D eigenvalue weighted by atomic mass is 35.5. The first-order valence-corrected chi connectivity index (χ1v) is 11.5. The van der Waals surface area contributed by atoms with E-state index in [0.717, 1.165) is 6.07 Å². The van der Waals surface area contributed by atoms with E-state index in [1.54, 1.807) is 13.8 Å². The lowest BCUT2D eigenvalue weighted by atomic mass is 9.83. The molecule has 2 aliphatic rings. The van der Waals surface area contributed by atoms with Crippen LogP contribution in [0.3, 0.4) is 0 Å². The van der Waals surface area contributed by atoms with Gasteiger partial charge in [-0.2, -0.15) is 5.26 Å². The van der Waals surface area contributed by atoms with Crippen LogP contribution in [0.2, 0.25) is 5.02 Å². The maximum Gasteiger partial charge on any atom is 0.256 e. The van der Waals surface area contributed by atoms with Gasteiger partial charge in [0.15, 0.2) is 0 Å². The average molecular weight is 483 g/mol. The van der Waals surface area contributed by atoms with Gasteiger partial charge < -0.3 is 19.7 Å². The number of aromatic amines is 1. The largest absolute Gasteiger partial charge is 0.491 e. The van der Waals surface area contributed by atoms with E-state index in [4.69, 9.17) is 21.6 Å². The molecule has 0 aliphatic carbocycles. The molecule has 0 unspecified atom stereocenters. The Morgan fingerprint density at radius 1 is 1.44 bits per heavy atom. The van der Waals surface area contributed by atoms with Crippen LogP contribution >= 0.6 is 11.6 Å². The summed E-state index contributed by atoms with van der Waals surface area (Å²) >= 11 is 5.77. The van der Waals surface area contributed by atoms with Gasteiger partial charge in [0.05, 0.1) is 28.1 Å². The van der Waals surface area contributed by atoms with E-state index in [0.29, 0.717) is 5.69 Å². The van der Waals surface area contributed by atoms with Crippen LogP contribution in [0, 0.1) is 29.5 Å². The van der Waals surface area contributed by atoms with Gasteiger partial charge in [-0.15, -0.1) is 0 Å². The Balaban J connectivity index is 1.52. The second kappa shape index (κ2) is 7.74. The molecule has 1 amide bonds. The summed E-state index contributed by atoms with van der Waals surface area (Å²) in [6.07, 6.45) is -1.33. The fraction of sp³-hybridized carbons (Fsp3) is 0.400. The Kier molecular flexibility index (Phi) is 5.45. The second-order valence-electron chi connectivity index (χ2n) is 8.29. The van der Waals surface area contributed by atoms with Crippen molar-refractivity contribution in [2.45, 2.75) is 31.0 Å². The highest BCUT2D eigenvalue weighted by molar-refractivity contribution is 7.89. The van der Waals surface area contributed by atoms with Crippen molar-refractivity contribution in [3.05, 3.63) is 45.9 Å². The van der Waals surface area contributed by atoms with E-state index in [-0.39, 0.29) is 52.5 Å². The summed E-state index contributed by atoms with van der Waals surface area (Å²) in [7, 11) is -4.17. The molecule has 1 saturated heterocycles. The van der Waals surface area contributed by atoms with Gasteiger partial charge in [0.2, 0.25) is 0 Å². The number of carbonyl (C=O) groups excluding carboxylic acids is 1. The number of nitrogens with one attached hydrogen (secondary N) is 2. The zero-order valence-corrected chi connectivity index (χ0v) is 18.7. The minimum Gasteiger partial charge on any atom is -0.491 e. The monoisotopic (exact) mass is 482 g/mol. The molecular weight excluding hydrogens is 463 g/mol. The lowest BCUT2D eigenvalue weighted by molar-refractivity contribution is 0.0368. The van der Waals surface area contributed by atoms with Crippen molar-refractivity contribution in [3.8, 4) is 11.8 Å². The number of H-pyrrole nitrogens is 1. The predicted molar refractivity (Wildman–Crippen MR) is 111 cm³/mol. The van der Waals surface area contributed by atoms with E-state index in [2.05, 4.69) is 15.8 Å². The summed E-state index contributed by atoms with van der Waals surface area (Å²) in [5.74, 6) is -1.01. The number of hydrogen-bond acceptors (Lipinski definition) is 6. The molecule has 170 valence electrons. The van der Waals surface area contributed by atoms with Crippen LogP contribution in [-0.2, 0) is 10.0 Å². The number of fused-ring (bicyclic) bond motifs is 1. The Morgan fingerprint density at radius 2 is 2.12 bits per heavy atom. The van der Waals surface area contributed by atoms with Crippen LogP contribution in [0.4, 0.5) is 4.39 Å². The Bertz CT molecular complexity index is 1250. The topological polar surface area (TPSA) is 136 Å². The van der Waals surface area contributed by atoms with Crippen LogP contribution < -0.4 is 9.46 Å². The molecule has 1 aromatic heterocycles. The summed E-state index contributed by atoms with van der Waals surface area (Å²) in [4.78, 5) is 16.9. The number of rotatable bonds is 4. The molecule has 1 fully saturated rings. The zero-order valence-electron chi connectivity index (χ0n) is 17.1. The molecule has 1 aromatic carbocycles. The van der Waals surface area contributed by atoms with Crippen molar-refractivity contribution in [2.75, 3.05) is 19.7 Å². The van der Waals surface area contributed by atoms with Gasteiger partial charge in [0.25, 0.3) is 15.9 Å². The third-order valence-electron chi connectivity index (χ3n) is 5.62. The van der Waals surface area contributed by atoms with Gasteiger partial charge in [-0.05, 0) is 26.0 Å². The van der Waals surface area contributed by atoms with Crippen molar-refractivity contribution in [1.82, 2.24) is 14.6 Å². The van der Waals surface area contributed by atoms with Crippen molar-refractivity contribution < 1.29 is 27.4 Å². The van der Waals surface area contributed by atoms with Crippen molar-refractivity contribution in [3.63, 3.8) is 0 Å². The van der Waals surface area contributed by atoms with Gasteiger partial charge in [-0.1, -0.05) is 11.6 Å². The molecule has 4 rings (SSSR count). The Morgan fingerprint density at radius 3 is 2.78 bits per heavy atom. The molecule has 0 bridgehead atoms. The van der Waals surface area contributed by atoms with Crippen LogP contribution in [0.1, 0.15) is 34.6 Å². The number of ether oxygens (including phenoxy) is 1. The summed E-state index contributed by atoms with van der Waals surface area (Å²) in [6, 6.07) is 4.53. The molecule has 2 aliphatic heterocycles. The molecule has 2 aromatic rings. The average Bonchev–Trinajstić information content (AvgIpc) is 3.11. The Hall–Kier alpha value is -2.65. The quantitative estimate of drug-likeness (QED) is 0.608. The van der Waals surface area contributed by atoms with E-state index >= 15 is 0 Å². The third-order valence-corrected chi connectivity index (χ3v) is 7.33. The molecular formula is C20H20ClFN4O5S. The van der Waals surface area contributed by atoms with Crippen molar-refractivity contribution in [1.29, 1.82) is 5.26 Å². The van der Waals surface area contributed by atoms with Crippen LogP contribution in [0.25, 0.3) is 0 Å². The van der Waals surface area contributed by atoms with Crippen LogP contribution in [0.15, 0.2) is 23.2 Å². The smallest absolute Gasteiger partial charge is 0.256 e. The number of aliphatic hydroxyl groups is 1. The molecule has 0 spiro atoms. The summed E-state index contributed by atoms with van der Waals surface area (Å²) in [5, 5.41) is 19.2. The molecule has 3 heterocycles. The summed E-state index contributed by atoms with van der Waals surface area (Å²) < 4.78 is 47.2. The third kappa shape index (κ3) is 3.84. The molecule has 0 radical (unpaired) electrons. The van der Waals surface area contributed by atoms with E-state index in [9.17, 15) is 22.7 Å². The number of aliphatic hydroxyl groups excluding tert-OH is 1. The Labute approximate surface area is 188 Å². The van der Waals surface area contributed by atoms with E-state index < -0.39 is 33.4 Å². The van der Waals surface area contributed by atoms with Gasteiger partial charge in [-0.3, -0.25) is 4.79 Å². The predicted octanol–water partition coefficient (Wildman–Crippen LogP) is 1.87. The number of nitriles is 1. The van der Waals surface area contributed by atoms with Gasteiger partial charge in [-0.25, -0.2) is 17.5 Å². The van der Waals surface area contributed by atoms with Gasteiger partial charge >= 0.3 is 0 Å². The summed E-state index contributed by atoms with van der Waals surface area (Å²) in [6.45, 7) is 3.61. The number of likely N-dealkylation sites (tertiary alicyclic amines) is 1. The fourth-order valence-corrected chi connectivity index (χ4v) is 5.28. The maximum absolute atomic E-state index is 13.6. The van der Waals surface area contributed by atoms with E-state index in [1.165, 1.54) is 17.0 Å². The minimum atomic E-state index is -4.17. The number of hydrogen-bond donors (Lipinski definition) is 3. The number of sulfonamides is 1. The highest BCUT2D eigenvalue weighted by Gasteiger charge is 2.42. The lowest BCUT2D eigenvalue weighted by Gasteiger charge is -2.43. The molecule has 12 heteroatoms. The molecule has 0 saturated carbocycles. The first-order valence-electron chi connectivity index (χ1n) is 9.66. The molecule has 9 nitrogen and oxygen atoms in total. The number of halogens is 2. The van der Waals surface area contributed by atoms with Crippen molar-refractivity contribution >= 4 is 27.5 Å². The van der Waals surface area contributed by atoms with Crippen molar-refractivity contribution in [2.24, 2.45) is 5.41 Å². The molecule has 3 N–H and O–H groups in total. The van der Waals surface area contributed by atoms with Gasteiger partial charge in [0.1, 0.15) is 29.3 Å². The number of carbonyl (C=O) groups is 1. The summed E-state index contributed by atoms with van der Waals surface area (Å²) in [5.41, 5.74) is 0.0924. The second-order valence-corrected chi connectivity index (χ2v) is 10.4. The first kappa shape index (κ1) is 22.5. The standard InChI is InChI=1S/C20H20ClFN4O5S/c1-10-11(19(28)26-8-20(2,7-23)9-26)4-17(24-10)32(29,30)25-15-6-31-16-5-14(22)13(21)3-12(16)18(15)27/h3-5,15,18,24-25,27H,6,8-9H2,1-2H3/t15-,18-/m1/s1. The lowest BCUT2D eigenvalue weighted by Crippen LogP contribution is -2.56. The normalized spacial score (nSPS) is 21.8. The number of amides is 1. The number of aromatic nitrogens is 1. The fourth-order valence-electron chi connectivity index (χ4n) is 3.82. The minimum absolute atomic E-state index is 0.0809. The number of nitrogens with zero attached hydrogens (tertiary/aromatic N) is 2. The van der Waals surface area contributed by atoms with Crippen LogP contribution in [0.5, 0.6) is 5.75 Å². The molecule has 2 atom stereocenters. The first-order chi connectivity index (χ1) is 14.9. The zero-order chi connectivity index (χ0) is 23.4. The highest BCUT2D eigenvalue weighted by Crippen LogP contribution is 2.36. The van der Waals surface area contributed by atoms with Gasteiger partial charge in [0, 0.05) is 30.4 Å².